The average molecular weight is 544 g/mol. The molecule has 0 saturated carbocycles. The van der Waals surface area contributed by atoms with Gasteiger partial charge in [-0.25, -0.2) is 0 Å². The molecule has 6 nitrogen and oxygen atoms in total. The van der Waals surface area contributed by atoms with E-state index in [1.165, 1.54) is 24.5 Å². The smallest absolute Gasteiger partial charge is 0.416 e. The maximum Gasteiger partial charge on any atom is 0.416 e. The van der Waals surface area contributed by atoms with Crippen molar-refractivity contribution in [3.63, 3.8) is 0 Å². The van der Waals surface area contributed by atoms with Crippen molar-refractivity contribution in [1.29, 1.82) is 0 Å². The number of rotatable bonds is 9. The average Bonchev–Trinajstić information content (AvgIpc) is 3.41. The Kier molecular flexibility index (Phi) is 7.91. The Labute approximate surface area is 218 Å². The molecule has 0 aliphatic carbocycles. The molecule has 198 valence electrons. The minimum atomic E-state index is -4.70. The summed E-state index contributed by atoms with van der Waals surface area (Å²) >= 11 is 0. The van der Waals surface area contributed by atoms with Gasteiger partial charge in [-0.1, -0.05) is 37.3 Å². The van der Waals surface area contributed by atoms with E-state index in [-0.39, 0.29) is 24.7 Å². The zero-order valence-corrected chi connectivity index (χ0v) is 21.1. The highest BCUT2D eigenvalue weighted by atomic mass is 32.2. The van der Waals surface area contributed by atoms with E-state index in [0.717, 1.165) is 30.2 Å². The first-order valence-corrected chi connectivity index (χ1v) is 13.1. The predicted molar refractivity (Wildman–Crippen MR) is 134 cm³/mol. The van der Waals surface area contributed by atoms with Gasteiger partial charge in [-0.2, -0.15) is 21.6 Å². The number of carbonyl (C=O) groups excluding carboxylic acids is 1. The number of furan rings is 1. The van der Waals surface area contributed by atoms with Gasteiger partial charge in [0.05, 0.1) is 18.4 Å². The lowest BCUT2D eigenvalue weighted by Gasteiger charge is -2.22. The van der Waals surface area contributed by atoms with Gasteiger partial charge < -0.3 is 13.5 Å². The standard InChI is InChI=1S/C28H24F3NO5S/c1-2-20-11-13-22(14-12-20)27(33)32(19-25-9-5-15-36-25)18-21-6-3-8-24(16-21)37-38(34,35)26-10-4-7-23(17-26)28(29,30)31/h3-17H,2,18-19H2,1H3. The van der Waals surface area contributed by atoms with Gasteiger partial charge in [0.15, 0.2) is 0 Å². The first-order valence-electron chi connectivity index (χ1n) is 11.7. The molecule has 1 aromatic heterocycles. The molecule has 0 radical (unpaired) electrons. The van der Waals surface area contributed by atoms with Crippen LogP contribution in [0.15, 0.2) is 101 Å². The maximum atomic E-state index is 13.4. The van der Waals surface area contributed by atoms with Crippen LogP contribution >= 0.6 is 0 Å². The van der Waals surface area contributed by atoms with E-state index in [0.29, 0.717) is 23.0 Å². The predicted octanol–water partition coefficient (Wildman–Crippen LogP) is 6.47. The number of carbonyl (C=O) groups is 1. The van der Waals surface area contributed by atoms with Crippen molar-refractivity contribution in [2.24, 2.45) is 0 Å². The van der Waals surface area contributed by atoms with E-state index in [9.17, 15) is 26.4 Å². The van der Waals surface area contributed by atoms with Crippen molar-refractivity contribution in [3.8, 4) is 5.75 Å². The second kappa shape index (κ2) is 11.1. The molecule has 3 aromatic carbocycles. The Hall–Kier alpha value is -4.05. The Morgan fingerprint density at radius 3 is 2.29 bits per heavy atom. The molecular weight excluding hydrogens is 519 g/mol. The molecule has 0 atom stereocenters. The van der Waals surface area contributed by atoms with Crippen molar-refractivity contribution in [2.75, 3.05) is 0 Å². The Balaban J connectivity index is 1.57. The molecule has 0 unspecified atom stereocenters. The molecule has 0 aliphatic heterocycles. The summed E-state index contributed by atoms with van der Waals surface area (Å²) in [5, 5.41) is 0. The van der Waals surface area contributed by atoms with Crippen molar-refractivity contribution in [2.45, 2.75) is 37.5 Å². The van der Waals surface area contributed by atoms with Crippen LogP contribution in [-0.4, -0.2) is 19.2 Å². The van der Waals surface area contributed by atoms with Crippen molar-refractivity contribution >= 4 is 16.0 Å². The molecule has 0 N–H and O–H groups in total. The quantitative estimate of drug-likeness (QED) is 0.226. The van der Waals surface area contributed by atoms with Gasteiger partial charge in [0.2, 0.25) is 0 Å². The third kappa shape index (κ3) is 6.63. The van der Waals surface area contributed by atoms with Crippen molar-refractivity contribution < 1.29 is 35.0 Å². The third-order valence-electron chi connectivity index (χ3n) is 5.75. The summed E-state index contributed by atoms with van der Waals surface area (Å²) in [6, 6.07) is 20.1. The summed E-state index contributed by atoms with van der Waals surface area (Å²) in [6.45, 7) is 2.27. The molecule has 38 heavy (non-hydrogen) atoms. The van der Waals surface area contributed by atoms with Crippen LogP contribution in [0.5, 0.6) is 5.75 Å². The molecule has 0 saturated heterocycles. The number of halogens is 3. The van der Waals surface area contributed by atoms with E-state index in [2.05, 4.69) is 0 Å². The molecule has 0 aliphatic rings. The Bertz CT molecular complexity index is 1500. The van der Waals surface area contributed by atoms with Crippen LogP contribution in [0.1, 0.15) is 39.7 Å². The lowest BCUT2D eigenvalue weighted by Crippen LogP contribution is -2.30. The van der Waals surface area contributed by atoms with Gasteiger partial charge in [-0.05, 0) is 72.1 Å². The van der Waals surface area contributed by atoms with Crippen LogP contribution in [0.4, 0.5) is 13.2 Å². The first-order chi connectivity index (χ1) is 18.0. The van der Waals surface area contributed by atoms with Gasteiger partial charge in [0, 0.05) is 12.1 Å². The zero-order valence-electron chi connectivity index (χ0n) is 20.3. The van der Waals surface area contributed by atoms with Crippen LogP contribution in [0.3, 0.4) is 0 Å². The van der Waals surface area contributed by atoms with Crippen LogP contribution in [0.2, 0.25) is 0 Å². The summed E-state index contributed by atoms with van der Waals surface area (Å²) in [6.07, 6.45) is -2.37. The molecule has 1 heterocycles. The fourth-order valence-corrected chi connectivity index (χ4v) is 4.74. The summed E-state index contributed by atoms with van der Waals surface area (Å²) in [4.78, 5) is 14.3. The van der Waals surface area contributed by atoms with Gasteiger partial charge in [0.1, 0.15) is 16.4 Å². The molecular formula is C28H24F3NO5S. The normalized spacial score (nSPS) is 11.8. The van der Waals surface area contributed by atoms with E-state index < -0.39 is 26.8 Å². The monoisotopic (exact) mass is 543 g/mol. The van der Waals surface area contributed by atoms with E-state index >= 15 is 0 Å². The molecule has 10 heteroatoms. The first kappa shape index (κ1) is 27.0. The highest BCUT2D eigenvalue weighted by Gasteiger charge is 2.32. The van der Waals surface area contributed by atoms with E-state index in [1.54, 1.807) is 35.2 Å². The maximum absolute atomic E-state index is 13.4. The van der Waals surface area contributed by atoms with Crippen LogP contribution < -0.4 is 4.18 Å². The Morgan fingerprint density at radius 1 is 0.895 bits per heavy atom. The van der Waals surface area contributed by atoms with Crippen molar-refractivity contribution in [1.82, 2.24) is 4.90 Å². The van der Waals surface area contributed by atoms with Gasteiger partial charge in [-0.3, -0.25) is 4.79 Å². The minimum Gasteiger partial charge on any atom is -0.467 e. The van der Waals surface area contributed by atoms with Gasteiger partial charge in [0.25, 0.3) is 5.91 Å². The number of hydrogen-bond donors (Lipinski definition) is 0. The number of nitrogens with zero attached hydrogens (tertiary/aromatic N) is 1. The van der Waals surface area contributed by atoms with Crippen LogP contribution in [-0.2, 0) is 35.8 Å². The number of alkyl halides is 3. The SMILES string of the molecule is CCc1ccc(C(=O)N(Cc2cccc(OS(=O)(=O)c3cccc(C(F)(F)F)c3)c2)Cc2ccco2)cc1. The van der Waals surface area contributed by atoms with Crippen LogP contribution in [0, 0.1) is 0 Å². The number of aryl methyl sites for hydroxylation is 1. The lowest BCUT2D eigenvalue weighted by molar-refractivity contribution is -0.137. The van der Waals surface area contributed by atoms with Crippen molar-refractivity contribution in [3.05, 3.63) is 119 Å². The number of benzene rings is 3. The highest BCUT2D eigenvalue weighted by Crippen LogP contribution is 2.31. The fourth-order valence-electron chi connectivity index (χ4n) is 3.77. The summed E-state index contributed by atoms with van der Waals surface area (Å²) in [7, 11) is -4.54. The molecule has 0 fully saturated rings. The largest absolute Gasteiger partial charge is 0.467 e. The number of amides is 1. The number of hydrogen-bond acceptors (Lipinski definition) is 5. The lowest BCUT2D eigenvalue weighted by atomic mass is 10.1. The zero-order chi connectivity index (χ0) is 27.3. The van der Waals surface area contributed by atoms with Gasteiger partial charge >= 0.3 is 16.3 Å². The molecule has 0 bridgehead atoms. The minimum absolute atomic E-state index is 0.0931. The second-order valence-electron chi connectivity index (χ2n) is 8.50. The third-order valence-corrected chi connectivity index (χ3v) is 6.99. The fraction of sp³-hybridized carbons (Fsp3) is 0.179. The Morgan fingerprint density at radius 2 is 1.63 bits per heavy atom. The van der Waals surface area contributed by atoms with Gasteiger partial charge in [-0.15, -0.1) is 0 Å². The topological polar surface area (TPSA) is 76.8 Å². The second-order valence-corrected chi connectivity index (χ2v) is 10.0. The molecule has 4 rings (SSSR count). The highest BCUT2D eigenvalue weighted by molar-refractivity contribution is 7.87. The van der Waals surface area contributed by atoms with Crippen LogP contribution in [0.25, 0.3) is 0 Å². The van der Waals surface area contributed by atoms with E-state index in [1.807, 2.05) is 19.1 Å². The van der Waals surface area contributed by atoms with E-state index in [4.69, 9.17) is 8.60 Å². The summed E-state index contributed by atoms with van der Waals surface area (Å²) in [5.74, 6) is 0.202. The summed E-state index contributed by atoms with van der Waals surface area (Å²) in [5.41, 5.74) is 1.01. The summed E-state index contributed by atoms with van der Waals surface area (Å²) < 4.78 is 75.1. The molecule has 1 amide bonds. The molecule has 4 aromatic rings. The molecule has 0 spiro atoms.